The number of hydrogen-bond donors (Lipinski definition) is 1. The van der Waals surface area contributed by atoms with Gasteiger partial charge >= 0.3 is 5.97 Å². The number of carbonyl (C=O) groups excluding carboxylic acids is 2. The molecule has 1 amide bonds. The first-order chi connectivity index (χ1) is 11.4. The SMILES string of the molecule is Cc1ccc2c(c1)OC(=O)CN2CC(=O)Nc1ccc(C)c(C)c1. The van der Waals surface area contributed by atoms with Crippen LogP contribution in [0, 0.1) is 20.8 Å². The summed E-state index contributed by atoms with van der Waals surface area (Å²) in [6.07, 6.45) is 0. The Morgan fingerprint density at radius 1 is 1.12 bits per heavy atom. The topological polar surface area (TPSA) is 58.6 Å². The Labute approximate surface area is 141 Å². The maximum absolute atomic E-state index is 12.4. The minimum absolute atomic E-state index is 0.0659. The van der Waals surface area contributed by atoms with Gasteiger partial charge in [0.25, 0.3) is 0 Å². The van der Waals surface area contributed by atoms with Crippen LogP contribution in [0.3, 0.4) is 0 Å². The molecule has 24 heavy (non-hydrogen) atoms. The van der Waals surface area contributed by atoms with Gasteiger partial charge in [-0.15, -0.1) is 0 Å². The zero-order valence-corrected chi connectivity index (χ0v) is 14.1. The number of rotatable bonds is 3. The average molecular weight is 324 g/mol. The lowest BCUT2D eigenvalue weighted by Crippen LogP contribution is -2.41. The average Bonchev–Trinajstić information content (AvgIpc) is 2.50. The van der Waals surface area contributed by atoms with Crippen molar-refractivity contribution in [2.45, 2.75) is 20.8 Å². The van der Waals surface area contributed by atoms with E-state index in [2.05, 4.69) is 5.32 Å². The largest absolute Gasteiger partial charge is 0.423 e. The molecule has 1 heterocycles. The van der Waals surface area contributed by atoms with E-state index in [1.165, 1.54) is 5.56 Å². The number of carbonyl (C=O) groups is 2. The third-order valence-corrected chi connectivity index (χ3v) is 4.12. The summed E-state index contributed by atoms with van der Waals surface area (Å²) in [5.41, 5.74) is 4.82. The molecule has 1 aliphatic rings. The van der Waals surface area contributed by atoms with E-state index in [9.17, 15) is 9.59 Å². The van der Waals surface area contributed by atoms with Gasteiger partial charge in [0.2, 0.25) is 5.91 Å². The van der Waals surface area contributed by atoms with Crippen LogP contribution in [0.1, 0.15) is 16.7 Å². The highest BCUT2D eigenvalue weighted by Crippen LogP contribution is 2.32. The Balaban J connectivity index is 1.75. The number of hydrogen-bond acceptors (Lipinski definition) is 4. The smallest absolute Gasteiger partial charge is 0.331 e. The van der Waals surface area contributed by atoms with E-state index in [1.807, 2.05) is 51.1 Å². The van der Waals surface area contributed by atoms with Crippen molar-refractivity contribution in [2.24, 2.45) is 0 Å². The zero-order valence-electron chi connectivity index (χ0n) is 14.1. The molecule has 1 N–H and O–H groups in total. The van der Waals surface area contributed by atoms with Crippen LogP contribution in [-0.2, 0) is 9.59 Å². The number of anilines is 2. The molecule has 5 nitrogen and oxygen atoms in total. The fourth-order valence-electron chi connectivity index (χ4n) is 2.69. The van der Waals surface area contributed by atoms with Crippen molar-refractivity contribution in [1.29, 1.82) is 0 Å². The highest BCUT2D eigenvalue weighted by molar-refractivity contribution is 5.96. The molecule has 124 valence electrons. The fourth-order valence-corrected chi connectivity index (χ4v) is 2.69. The lowest BCUT2D eigenvalue weighted by atomic mass is 10.1. The normalized spacial score (nSPS) is 13.3. The monoisotopic (exact) mass is 324 g/mol. The molecule has 1 aliphatic heterocycles. The van der Waals surface area contributed by atoms with Gasteiger partial charge in [-0.1, -0.05) is 12.1 Å². The molecule has 3 rings (SSSR count). The second kappa shape index (κ2) is 6.35. The molecule has 0 saturated carbocycles. The molecule has 0 aromatic heterocycles. The van der Waals surface area contributed by atoms with Gasteiger partial charge in [-0.3, -0.25) is 4.79 Å². The molecule has 0 bridgehead atoms. The number of esters is 1. The number of amides is 1. The van der Waals surface area contributed by atoms with E-state index in [1.54, 1.807) is 11.0 Å². The minimum atomic E-state index is -0.355. The Bertz CT molecular complexity index is 814. The van der Waals surface area contributed by atoms with E-state index < -0.39 is 0 Å². The predicted molar refractivity (Wildman–Crippen MR) is 93.6 cm³/mol. The van der Waals surface area contributed by atoms with E-state index in [-0.39, 0.29) is 25.0 Å². The predicted octanol–water partition coefficient (Wildman–Crippen LogP) is 2.98. The van der Waals surface area contributed by atoms with Gasteiger partial charge < -0.3 is 15.0 Å². The molecular weight excluding hydrogens is 304 g/mol. The van der Waals surface area contributed by atoms with Gasteiger partial charge in [-0.2, -0.15) is 0 Å². The standard InChI is InChI=1S/C19H20N2O3/c1-12-4-7-16-17(8-12)24-19(23)11-21(16)10-18(22)20-15-6-5-13(2)14(3)9-15/h4-9H,10-11H2,1-3H3,(H,20,22). The van der Waals surface area contributed by atoms with Gasteiger partial charge in [0, 0.05) is 5.69 Å². The number of fused-ring (bicyclic) bond motifs is 1. The molecule has 0 saturated heterocycles. The molecule has 0 radical (unpaired) electrons. The van der Waals surface area contributed by atoms with Crippen molar-refractivity contribution in [3.63, 3.8) is 0 Å². The first-order valence-electron chi connectivity index (χ1n) is 7.86. The minimum Gasteiger partial charge on any atom is -0.423 e. The third-order valence-electron chi connectivity index (χ3n) is 4.12. The zero-order chi connectivity index (χ0) is 17.3. The summed E-state index contributed by atoms with van der Waals surface area (Å²) in [5, 5.41) is 2.88. The number of aryl methyl sites for hydroxylation is 3. The van der Waals surface area contributed by atoms with Crippen LogP contribution in [-0.4, -0.2) is 25.0 Å². The van der Waals surface area contributed by atoms with Crippen LogP contribution in [0.4, 0.5) is 11.4 Å². The van der Waals surface area contributed by atoms with Gasteiger partial charge in [0.15, 0.2) is 5.75 Å². The van der Waals surface area contributed by atoms with Crippen LogP contribution >= 0.6 is 0 Å². The Kier molecular flexibility index (Phi) is 4.25. The number of nitrogens with zero attached hydrogens (tertiary/aromatic N) is 1. The number of benzene rings is 2. The highest BCUT2D eigenvalue weighted by Gasteiger charge is 2.25. The summed E-state index contributed by atoms with van der Waals surface area (Å²) in [7, 11) is 0. The quantitative estimate of drug-likeness (QED) is 0.696. The summed E-state index contributed by atoms with van der Waals surface area (Å²) < 4.78 is 5.26. The molecule has 0 aliphatic carbocycles. The maximum atomic E-state index is 12.4. The van der Waals surface area contributed by atoms with Gasteiger partial charge in [0.1, 0.15) is 6.54 Å². The third kappa shape index (κ3) is 3.40. The van der Waals surface area contributed by atoms with Crippen LogP contribution in [0.25, 0.3) is 0 Å². The van der Waals surface area contributed by atoms with Crippen LogP contribution in [0.5, 0.6) is 5.75 Å². The molecule has 2 aromatic rings. The van der Waals surface area contributed by atoms with Crippen molar-refractivity contribution in [1.82, 2.24) is 0 Å². The van der Waals surface area contributed by atoms with Crippen molar-refractivity contribution in [3.05, 3.63) is 53.1 Å². The second-order valence-corrected chi connectivity index (χ2v) is 6.15. The van der Waals surface area contributed by atoms with E-state index in [0.29, 0.717) is 5.75 Å². The van der Waals surface area contributed by atoms with Crippen molar-refractivity contribution in [3.8, 4) is 5.75 Å². The second-order valence-electron chi connectivity index (χ2n) is 6.15. The molecular formula is C19H20N2O3. The lowest BCUT2D eigenvalue weighted by molar-refractivity contribution is -0.133. The molecule has 0 atom stereocenters. The van der Waals surface area contributed by atoms with Crippen molar-refractivity contribution in [2.75, 3.05) is 23.3 Å². The van der Waals surface area contributed by atoms with Gasteiger partial charge in [0.05, 0.1) is 12.2 Å². The Hall–Kier alpha value is -2.82. The summed E-state index contributed by atoms with van der Waals surface area (Å²) in [6, 6.07) is 11.4. The Morgan fingerprint density at radius 2 is 1.92 bits per heavy atom. The summed E-state index contributed by atoms with van der Waals surface area (Å²) >= 11 is 0. The van der Waals surface area contributed by atoms with Crippen molar-refractivity contribution < 1.29 is 14.3 Å². The Morgan fingerprint density at radius 3 is 2.67 bits per heavy atom. The van der Waals surface area contributed by atoms with E-state index in [4.69, 9.17) is 4.74 Å². The lowest BCUT2D eigenvalue weighted by Gasteiger charge is -2.29. The molecule has 0 unspecified atom stereocenters. The van der Waals surface area contributed by atoms with Crippen LogP contribution in [0.2, 0.25) is 0 Å². The molecule has 2 aromatic carbocycles. The first-order valence-corrected chi connectivity index (χ1v) is 7.86. The number of ether oxygens (including phenoxy) is 1. The number of nitrogens with one attached hydrogen (secondary N) is 1. The highest BCUT2D eigenvalue weighted by atomic mass is 16.5. The summed E-state index contributed by atoms with van der Waals surface area (Å²) in [6.45, 7) is 6.12. The van der Waals surface area contributed by atoms with Crippen molar-refractivity contribution >= 4 is 23.3 Å². The molecule has 0 spiro atoms. The fraction of sp³-hybridized carbons (Fsp3) is 0.263. The van der Waals surface area contributed by atoms with Crippen LogP contribution in [0.15, 0.2) is 36.4 Å². The van der Waals surface area contributed by atoms with Gasteiger partial charge in [-0.25, -0.2) is 4.79 Å². The maximum Gasteiger partial charge on any atom is 0.331 e. The summed E-state index contributed by atoms with van der Waals surface area (Å²) in [4.78, 5) is 25.9. The summed E-state index contributed by atoms with van der Waals surface area (Å²) in [5.74, 6) is -0.0169. The van der Waals surface area contributed by atoms with E-state index in [0.717, 1.165) is 22.5 Å². The molecule has 5 heteroatoms. The van der Waals surface area contributed by atoms with Gasteiger partial charge in [-0.05, 0) is 61.7 Å². The molecule has 0 fully saturated rings. The first kappa shape index (κ1) is 16.1. The van der Waals surface area contributed by atoms with E-state index >= 15 is 0 Å². The van der Waals surface area contributed by atoms with Crippen LogP contribution < -0.4 is 15.0 Å².